The van der Waals surface area contributed by atoms with Crippen molar-refractivity contribution in [1.82, 2.24) is 10.3 Å². The van der Waals surface area contributed by atoms with E-state index in [0.717, 1.165) is 22.1 Å². The predicted molar refractivity (Wildman–Crippen MR) is 117 cm³/mol. The molecule has 0 fully saturated rings. The van der Waals surface area contributed by atoms with Crippen LogP contribution < -0.4 is 14.8 Å². The second kappa shape index (κ2) is 8.02. The van der Waals surface area contributed by atoms with Gasteiger partial charge in [-0.25, -0.2) is 4.98 Å². The number of nitrogens with zero attached hydrogens (tertiary/aromatic N) is 1. The molecular weight excluding hydrogens is 475 g/mol. The zero-order valence-corrected chi connectivity index (χ0v) is 18.6. The van der Waals surface area contributed by atoms with Crippen LogP contribution in [0.4, 0.5) is 0 Å². The SMILES string of the molecule is CC(=O)NC(C)(I)c1ccc2cc(Oc3cnc(OC(C)C)s3)ccc2c1. The molecule has 0 aliphatic heterocycles. The van der Waals surface area contributed by atoms with Crippen LogP contribution in [-0.4, -0.2) is 17.0 Å². The van der Waals surface area contributed by atoms with E-state index in [1.54, 1.807) is 6.20 Å². The third kappa shape index (κ3) is 5.10. The van der Waals surface area contributed by atoms with Crippen LogP contribution >= 0.6 is 33.9 Å². The maximum absolute atomic E-state index is 11.4. The van der Waals surface area contributed by atoms with E-state index >= 15 is 0 Å². The summed E-state index contributed by atoms with van der Waals surface area (Å²) in [5.74, 6) is 0.690. The van der Waals surface area contributed by atoms with Crippen molar-refractivity contribution in [3.63, 3.8) is 0 Å². The molecule has 0 saturated carbocycles. The quantitative estimate of drug-likeness (QED) is 0.274. The van der Waals surface area contributed by atoms with Gasteiger partial charge in [-0.3, -0.25) is 4.79 Å². The van der Waals surface area contributed by atoms with Crippen molar-refractivity contribution in [2.24, 2.45) is 0 Å². The molecule has 0 saturated heterocycles. The number of nitrogens with one attached hydrogen (secondary N) is 1. The first-order chi connectivity index (χ1) is 12.7. The summed E-state index contributed by atoms with van der Waals surface area (Å²) in [7, 11) is 0. The van der Waals surface area contributed by atoms with Gasteiger partial charge in [0.2, 0.25) is 11.0 Å². The lowest BCUT2D eigenvalue weighted by molar-refractivity contribution is -0.119. The number of halogens is 1. The number of rotatable bonds is 6. The highest BCUT2D eigenvalue weighted by Crippen LogP contribution is 2.35. The number of hydrogen-bond donors (Lipinski definition) is 1. The van der Waals surface area contributed by atoms with Gasteiger partial charge < -0.3 is 14.8 Å². The summed E-state index contributed by atoms with van der Waals surface area (Å²) < 4.78 is 11.0. The maximum atomic E-state index is 11.4. The molecule has 0 aliphatic carbocycles. The largest absolute Gasteiger partial charge is 0.467 e. The van der Waals surface area contributed by atoms with Crippen LogP contribution in [-0.2, 0) is 8.34 Å². The number of aromatic nitrogens is 1. The summed E-state index contributed by atoms with van der Waals surface area (Å²) in [6.07, 6.45) is 1.75. The lowest BCUT2D eigenvalue weighted by Gasteiger charge is -2.24. The second-order valence-corrected chi connectivity index (χ2v) is 9.73. The molecule has 3 aromatic rings. The fraction of sp³-hybridized carbons (Fsp3) is 0.300. The van der Waals surface area contributed by atoms with Gasteiger partial charge >= 0.3 is 0 Å². The predicted octanol–water partition coefficient (Wildman–Crippen LogP) is 5.62. The zero-order valence-electron chi connectivity index (χ0n) is 15.6. The molecule has 2 aromatic carbocycles. The van der Waals surface area contributed by atoms with Crippen LogP contribution in [0, 0.1) is 0 Å². The Kier molecular flexibility index (Phi) is 5.90. The summed E-state index contributed by atoms with van der Waals surface area (Å²) in [5, 5.41) is 6.40. The topological polar surface area (TPSA) is 60.5 Å². The molecule has 1 amide bonds. The summed E-state index contributed by atoms with van der Waals surface area (Å²) in [4.78, 5) is 15.6. The fourth-order valence-corrected chi connectivity index (χ4v) is 4.12. The third-order valence-corrected chi connectivity index (χ3v) is 5.44. The van der Waals surface area contributed by atoms with Crippen LogP contribution in [0.25, 0.3) is 10.8 Å². The van der Waals surface area contributed by atoms with Crippen molar-refractivity contribution in [2.75, 3.05) is 0 Å². The highest BCUT2D eigenvalue weighted by atomic mass is 127. The van der Waals surface area contributed by atoms with Crippen LogP contribution in [0.3, 0.4) is 0 Å². The van der Waals surface area contributed by atoms with Gasteiger partial charge in [-0.2, -0.15) is 0 Å². The van der Waals surface area contributed by atoms with Crippen molar-refractivity contribution in [3.8, 4) is 16.0 Å². The third-order valence-electron chi connectivity index (χ3n) is 3.78. The Balaban J connectivity index is 1.81. The van der Waals surface area contributed by atoms with Gasteiger partial charge in [0.15, 0.2) is 0 Å². The molecular formula is C20H21IN2O3S. The molecule has 1 atom stereocenters. The number of thiazole rings is 1. The average molecular weight is 496 g/mol. The highest BCUT2D eigenvalue weighted by Gasteiger charge is 2.23. The number of benzene rings is 2. The van der Waals surface area contributed by atoms with E-state index in [1.807, 2.05) is 51.1 Å². The molecule has 0 bridgehead atoms. The Bertz CT molecular complexity index is 969. The monoisotopic (exact) mass is 496 g/mol. The van der Waals surface area contributed by atoms with Crippen LogP contribution in [0.15, 0.2) is 42.6 Å². The van der Waals surface area contributed by atoms with E-state index in [4.69, 9.17) is 9.47 Å². The first-order valence-electron chi connectivity index (χ1n) is 8.55. The van der Waals surface area contributed by atoms with E-state index in [2.05, 4.69) is 39.0 Å². The van der Waals surface area contributed by atoms with Gasteiger partial charge in [0.05, 0.1) is 12.3 Å². The first kappa shape index (κ1) is 19.9. The van der Waals surface area contributed by atoms with E-state index in [0.29, 0.717) is 10.3 Å². The van der Waals surface area contributed by atoms with E-state index in [-0.39, 0.29) is 12.0 Å². The zero-order chi connectivity index (χ0) is 19.6. The smallest absolute Gasteiger partial charge is 0.276 e. The molecule has 1 heterocycles. The van der Waals surface area contributed by atoms with Gasteiger partial charge in [-0.1, -0.05) is 18.2 Å². The van der Waals surface area contributed by atoms with Crippen LogP contribution in [0.2, 0.25) is 0 Å². The van der Waals surface area contributed by atoms with Crippen molar-refractivity contribution in [2.45, 2.75) is 37.3 Å². The Labute approximate surface area is 176 Å². The Hall–Kier alpha value is -1.87. The van der Waals surface area contributed by atoms with Gasteiger partial charge in [-0.15, -0.1) is 0 Å². The van der Waals surface area contributed by atoms with Crippen LogP contribution in [0.1, 0.15) is 33.3 Å². The first-order valence-corrected chi connectivity index (χ1v) is 10.4. The second-order valence-electron chi connectivity index (χ2n) is 6.62. The van der Waals surface area contributed by atoms with Crippen molar-refractivity contribution in [3.05, 3.63) is 48.2 Å². The Morgan fingerprint density at radius 3 is 2.63 bits per heavy atom. The number of ether oxygens (including phenoxy) is 2. The minimum atomic E-state index is -0.456. The number of carbonyl (C=O) groups is 1. The van der Waals surface area contributed by atoms with Gasteiger partial charge in [-0.05, 0) is 89.2 Å². The van der Waals surface area contributed by atoms with Crippen molar-refractivity contribution >= 4 is 50.6 Å². The molecule has 142 valence electrons. The molecule has 0 radical (unpaired) electrons. The summed E-state index contributed by atoms with van der Waals surface area (Å²) in [6.45, 7) is 7.44. The standard InChI is InChI=1S/C20H21IN2O3S/c1-12(2)25-19-22-11-18(27-19)26-17-8-6-14-9-16(7-5-15(14)10-17)20(4,21)23-13(3)24/h5-12H,1-4H3,(H,23,24). The summed E-state index contributed by atoms with van der Waals surface area (Å²) >= 11 is 3.62. The van der Waals surface area contributed by atoms with E-state index < -0.39 is 3.55 Å². The molecule has 1 aromatic heterocycles. The Morgan fingerprint density at radius 2 is 1.93 bits per heavy atom. The maximum Gasteiger partial charge on any atom is 0.276 e. The van der Waals surface area contributed by atoms with E-state index in [9.17, 15) is 4.79 Å². The number of amides is 1. The molecule has 7 heteroatoms. The highest BCUT2D eigenvalue weighted by molar-refractivity contribution is 14.1. The number of carbonyl (C=O) groups excluding carboxylic acids is 1. The molecule has 5 nitrogen and oxygen atoms in total. The van der Waals surface area contributed by atoms with Crippen LogP contribution in [0.5, 0.6) is 16.0 Å². The molecule has 0 aliphatic rings. The molecule has 0 spiro atoms. The molecule has 1 N–H and O–H groups in total. The average Bonchev–Trinajstić information content (AvgIpc) is 2.99. The number of hydrogen-bond acceptors (Lipinski definition) is 5. The minimum absolute atomic E-state index is 0.0545. The van der Waals surface area contributed by atoms with E-state index in [1.165, 1.54) is 18.3 Å². The summed E-state index contributed by atoms with van der Waals surface area (Å²) in [6, 6.07) is 12.1. The van der Waals surface area contributed by atoms with Crippen molar-refractivity contribution < 1.29 is 14.3 Å². The normalized spacial score (nSPS) is 13.4. The number of fused-ring (bicyclic) bond motifs is 1. The van der Waals surface area contributed by atoms with Gasteiger partial charge in [0, 0.05) is 6.92 Å². The van der Waals surface area contributed by atoms with Gasteiger partial charge in [0.1, 0.15) is 9.30 Å². The lowest BCUT2D eigenvalue weighted by atomic mass is 10.0. The minimum Gasteiger partial charge on any atom is -0.467 e. The number of alkyl halides is 1. The molecule has 27 heavy (non-hydrogen) atoms. The Morgan fingerprint density at radius 1 is 1.22 bits per heavy atom. The van der Waals surface area contributed by atoms with Gasteiger partial charge in [0.25, 0.3) is 5.19 Å². The molecule has 1 unspecified atom stereocenters. The fourth-order valence-electron chi connectivity index (χ4n) is 2.65. The lowest BCUT2D eigenvalue weighted by Crippen LogP contribution is -2.36. The summed E-state index contributed by atoms with van der Waals surface area (Å²) in [5.41, 5.74) is 1.04. The van der Waals surface area contributed by atoms with Crippen molar-refractivity contribution in [1.29, 1.82) is 0 Å². The molecule has 3 rings (SSSR count).